The highest BCUT2D eigenvalue weighted by molar-refractivity contribution is 5.69. The van der Waals surface area contributed by atoms with Crippen molar-refractivity contribution in [2.24, 2.45) is 4.99 Å². The van der Waals surface area contributed by atoms with Crippen molar-refractivity contribution >= 4 is 11.9 Å². The van der Waals surface area contributed by atoms with Gasteiger partial charge in [0.15, 0.2) is 0 Å². The largest absolute Gasteiger partial charge is 0.505 e. The molecule has 2 heteroatoms. The molecule has 1 aromatic carbocycles. The van der Waals surface area contributed by atoms with E-state index < -0.39 is 0 Å². The maximum Gasteiger partial charge on any atom is 0.144 e. The van der Waals surface area contributed by atoms with Gasteiger partial charge in [0.25, 0.3) is 0 Å². The molecular weight excluding hydrogens is 246 g/mol. The zero-order chi connectivity index (χ0) is 15.6. The molecule has 0 heterocycles. The predicted octanol–water partition coefficient (Wildman–Crippen LogP) is 5.30. The van der Waals surface area contributed by atoms with Crippen LogP contribution in [-0.2, 0) is 10.8 Å². The van der Waals surface area contributed by atoms with E-state index in [0.29, 0.717) is 11.4 Å². The highest BCUT2D eigenvalue weighted by atomic mass is 16.3. The average Bonchev–Trinajstić information content (AvgIpc) is 2.28. The quantitative estimate of drug-likeness (QED) is 0.745. The molecule has 1 N–H and O–H groups in total. The average molecular weight is 274 g/mol. The molecule has 0 unspecified atom stereocenters. The number of phenolic OH excluding ortho intramolecular Hbond substituents is 1. The molecule has 111 valence electrons. The topological polar surface area (TPSA) is 32.6 Å². The van der Waals surface area contributed by atoms with Crippen LogP contribution in [0.5, 0.6) is 5.75 Å². The Morgan fingerprint density at radius 1 is 1.10 bits per heavy atom. The van der Waals surface area contributed by atoms with E-state index in [0.717, 1.165) is 18.4 Å². The molecule has 0 aliphatic heterocycles. The minimum Gasteiger partial charge on any atom is -0.505 e. The van der Waals surface area contributed by atoms with Crippen LogP contribution < -0.4 is 0 Å². The van der Waals surface area contributed by atoms with Crippen molar-refractivity contribution in [1.29, 1.82) is 0 Å². The molecule has 1 aromatic rings. The van der Waals surface area contributed by atoms with Crippen LogP contribution in [0, 0.1) is 6.92 Å². The van der Waals surface area contributed by atoms with Crippen LogP contribution >= 0.6 is 0 Å². The molecule has 1 radical (unpaired) electrons. The molecule has 0 aliphatic rings. The van der Waals surface area contributed by atoms with Crippen LogP contribution in [0.4, 0.5) is 5.69 Å². The van der Waals surface area contributed by atoms with Gasteiger partial charge < -0.3 is 5.11 Å². The van der Waals surface area contributed by atoms with E-state index in [1.54, 1.807) is 0 Å². The molecule has 20 heavy (non-hydrogen) atoms. The zero-order valence-corrected chi connectivity index (χ0v) is 13.7. The third-order valence-electron chi connectivity index (χ3n) is 3.33. The molecule has 0 spiro atoms. The van der Waals surface area contributed by atoms with E-state index in [1.165, 1.54) is 5.56 Å². The Kier molecular flexibility index (Phi) is 5.01. The molecule has 0 amide bonds. The van der Waals surface area contributed by atoms with Gasteiger partial charge in [-0.05, 0) is 35.3 Å². The standard InChI is InChI=1S/C18H28NO/c1-8-9-10-19-15-12-13(17(2,3)4)11-14(16(15)20)18(5,6)7/h10-12,20H,1,8-9H2,2-7H3. The summed E-state index contributed by atoms with van der Waals surface area (Å²) in [5.74, 6) is 0.297. The summed E-state index contributed by atoms with van der Waals surface area (Å²) >= 11 is 0. The van der Waals surface area contributed by atoms with E-state index in [1.807, 2.05) is 12.3 Å². The van der Waals surface area contributed by atoms with Crippen molar-refractivity contribution in [2.75, 3.05) is 0 Å². The molecule has 0 aliphatic carbocycles. The lowest BCUT2D eigenvalue weighted by Crippen LogP contribution is -2.16. The Morgan fingerprint density at radius 2 is 1.70 bits per heavy atom. The Morgan fingerprint density at radius 3 is 2.15 bits per heavy atom. The number of hydrogen-bond donors (Lipinski definition) is 1. The van der Waals surface area contributed by atoms with Crippen molar-refractivity contribution in [1.82, 2.24) is 0 Å². The maximum atomic E-state index is 10.5. The number of hydrogen-bond acceptors (Lipinski definition) is 2. The first-order valence-corrected chi connectivity index (χ1v) is 7.27. The van der Waals surface area contributed by atoms with Gasteiger partial charge in [-0.25, -0.2) is 0 Å². The third-order valence-corrected chi connectivity index (χ3v) is 3.33. The fourth-order valence-electron chi connectivity index (χ4n) is 1.98. The Bertz CT molecular complexity index is 487. The molecule has 0 aromatic heterocycles. The van der Waals surface area contributed by atoms with Gasteiger partial charge in [0, 0.05) is 11.8 Å². The van der Waals surface area contributed by atoms with Crippen LogP contribution in [-0.4, -0.2) is 11.3 Å². The summed E-state index contributed by atoms with van der Waals surface area (Å²) in [4.78, 5) is 4.43. The summed E-state index contributed by atoms with van der Waals surface area (Å²) in [6, 6.07) is 4.10. The molecule has 2 nitrogen and oxygen atoms in total. The number of unbranched alkanes of at least 4 members (excludes halogenated alkanes) is 1. The molecule has 0 bridgehead atoms. The summed E-state index contributed by atoms with van der Waals surface area (Å²) in [6.45, 7) is 16.7. The highest BCUT2D eigenvalue weighted by Crippen LogP contribution is 2.41. The Labute approximate surface area is 124 Å². The third kappa shape index (κ3) is 4.09. The smallest absolute Gasteiger partial charge is 0.144 e. The summed E-state index contributed by atoms with van der Waals surface area (Å²) in [7, 11) is 0. The van der Waals surface area contributed by atoms with Gasteiger partial charge in [-0.1, -0.05) is 54.5 Å². The number of rotatable bonds is 3. The maximum absolute atomic E-state index is 10.5. The number of benzene rings is 1. The first-order valence-electron chi connectivity index (χ1n) is 7.27. The Hall–Kier alpha value is -1.31. The van der Waals surface area contributed by atoms with Gasteiger partial charge in [-0.3, -0.25) is 4.99 Å². The van der Waals surface area contributed by atoms with Crippen LogP contribution in [0.3, 0.4) is 0 Å². The van der Waals surface area contributed by atoms with Crippen molar-refractivity contribution in [3.63, 3.8) is 0 Å². The van der Waals surface area contributed by atoms with Crippen LogP contribution in [0.15, 0.2) is 17.1 Å². The molecule has 0 atom stereocenters. The first-order chi connectivity index (χ1) is 9.07. The SMILES string of the molecule is [CH2]CCC=Nc1cc(C(C)(C)C)cc(C(C)(C)C)c1O. The Balaban J connectivity index is 3.43. The molecular formula is C18H28NO. The fourth-order valence-corrected chi connectivity index (χ4v) is 1.98. The van der Waals surface area contributed by atoms with Crippen molar-refractivity contribution in [3.8, 4) is 5.75 Å². The lowest BCUT2D eigenvalue weighted by Gasteiger charge is -2.26. The van der Waals surface area contributed by atoms with E-state index >= 15 is 0 Å². The number of nitrogens with zero attached hydrogens (tertiary/aromatic N) is 1. The zero-order valence-electron chi connectivity index (χ0n) is 13.7. The summed E-state index contributed by atoms with van der Waals surface area (Å²) < 4.78 is 0. The molecule has 1 rings (SSSR count). The molecule has 0 saturated carbocycles. The summed E-state index contributed by atoms with van der Waals surface area (Å²) in [5, 5.41) is 10.5. The molecule has 0 saturated heterocycles. The lowest BCUT2D eigenvalue weighted by molar-refractivity contribution is 0.446. The number of phenols is 1. The molecule has 0 fully saturated rings. The second-order valence-corrected chi connectivity index (χ2v) is 7.35. The summed E-state index contributed by atoms with van der Waals surface area (Å²) in [5.41, 5.74) is 2.73. The highest BCUT2D eigenvalue weighted by Gasteiger charge is 2.24. The van der Waals surface area contributed by atoms with Gasteiger partial charge >= 0.3 is 0 Å². The van der Waals surface area contributed by atoms with E-state index in [2.05, 4.69) is 59.5 Å². The van der Waals surface area contributed by atoms with E-state index in [4.69, 9.17) is 0 Å². The first kappa shape index (κ1) is 16.7. The van der Waals surface area contributed by atoms with Crippen LogP contribution in [0.2, 0.25) is 0 Å². The minimum absolute atomic E-state index is 0.0320. The van der Waals surface area contributed by atoms with Crippen molar-refractivity contribution in [3.05, 3.63) is 30.2 Å². The fraction of sp³-hybridized carbons (Fsp3) is 0.556. The van der Waals surface area contributed by atoms with Crippen molar-refractivity contribution < 1.29 is 5.11 Å². The number of aromatic hydroxyl groups is 1. The van der Waals surface area contributed by atoms with E-state index in [-0.39, 0.29) is 10.8 Å². The normalized spacial score (nSPS) is 13.2. The van der Waals surface area contributed by atoms with E-state index in [9.17, 15) is 5.11 Å². The van der Waals surface area contributed by atoms with Gasteiger partial charge in [-0.15, -0.1) is 0 Å². The lowest BCUT2D eigenvalue weighted by atomic mass is 9.80. The second kappa shape index (κ2) is 5.99. The van der Waals surface area contributed by atoms with Crippen LogP contribution in [0.25, 0.3) is 0 Å². The van der Waals surface area contributed by atoms with Gasteiger partial charge in [0.2, 0.25) is 0 Å². The number of aliphatic imine (C=N–C) groups is 1. The van der Waals surface area contributed by atoms with Gasteiger partial charge in [0.1, 0.15) is 11.4 Å². The van der Waals surface area contributed by atoms with Gasteiger partial charge in [0.05, 0.1) is 0 Å². The van der Waals surface area contributed by atoms with Crippen molar-refractivity contribution in [2.45, 2.75) is 65.2 Å². The second-order valence-electron chi connectivity index (χ2n) is 7.35. The van der Waals surface area contributed by atoms with Gasteiger partial charge in [-0.2, -0.15) is 0 Å². The minimum atomic E-state index is -0.109. The summed E-state index contributed by atoms with van der Waals surface area (Å²) in [6.07, 6.45) is 3.47. The monoisotopic (exact) mass is 274 g/mol. The predicted molar refractivity (Wildman–Crippen MR) is 88.2 cm³/mol. The van der Waals surface area contributed by atoms with Crippen LogP contribution in [0.1, 0.15) is 65.5 Å².